The molecule has 0 aliphatic heterocycles. The van der Waals surface area contributed by atoms with E-state index in [9.17, 15) is 13.4 Å². The molecule has 19 heavy (non-hydrogen) atoms. The molecule has 0 radical (unpaired) electrons. The van der Waals surface area contributed by atoms with E-state index in [0.717, 1.165) is 17.4 Å². The predicted molar refractivity (Wildman–Crippen MR) is 76.3 cm³/mol. The summed E-state index contributed by atoms with van der Waals surface area (Å²) in [5, 5.41) is 0. The zero-order valence-corrected chi connectivity index (χ0v) is 12.5. The molecule has 0 amide bonds. The van der Waals surface area contributed by atoms with Gasteiger partial charge in [0.2, 0.25) is 0 Å². The summed E-state index contributed by atoms with van der Waals surface area (Å²) >= 11 is 12.7. The summed E-state index contributed by atoms with van der Waals surface area (Å²) in [6.07, 6.45) is 0. The first-order valence-electron chi connectivity index (χ1n) is 5.09. The quantitative estimate of drug-likeness (QED) is 0.784. The minimum atomic E-state index is -1.61. The third-order valence-electron chi connectivity index (χ3n) is 2.28. The van der Waals surface area contributed by atoms with Crippen molar-refractivity contribution in [2.24, 2.45) is 0 Å². The van der Waals surface area contributed by atoms with Gasteiger partial charge < -0.3 is 0 Å². The molecule has 0 aliphatic rings. The number of carbonyl (C=O) groups excluding carboxylic acids is 1. The molecule has 2 rings (SSSR count). The highest BCUT2D eigenvalue weighted by Gasteiger charge is 2.17. The van der Waals surface area contributed by atoms with Gasteiger partial charge in [0.15, 0.2) is 5.78 Å². The van der Waals surface area contributed by atoms with Gasteiger partial charge in [-0.3, -0.25) is 9.00 Å². The molecule has 0 fully saturated rings. The maximum absolute atomic E-state index is 13.0. The average Bonchev–Trinajstić information content (AvgIpc) is 2.68. The first kappa shape index (κ1) is 14.7. The summed E-state index contributed by atoms with van der Waals surface area (Å²) in [4.78, 5) is 12.2. The lowest BCUT2D eigenvalue weighted by Crippen LogP contribution is -2.10. The Bertz CT molecular complexity index is 655. The molecule has 0 saturated heterocycles. The Kier molecular flexibility index (Phi) is 4.73. The summed E-state index contributed by atoms with van der Waals surface area (Å²) in [6.45, 7) is 0. The number of hydrogen-bond donors (Lipinski definition) is 0. The van der Waals surface area contributed by atoms with E-state index >= 15 is 0 Å². The first-order chi connectivity index (χ1) is 8.97. The molecule has 7 heteroatoms. The van der Waals surface area contributed by atoms with Crippen molar-refractivity contribution < 1.29 is 13.4 Å². The van der Waals surface area contributed by atoms with E-state index in [1.807, 2.05) is 0 Å². The van der Waals surface area contributed by atoms with Crippen molar-refractivity contribution in [3.63, 3.8) is 0 Å². The van der Waals surface area contributed by atoms with Crippen LogP contribution in [0.4, 0.5) is 4.39 Å². The van der Waals surface area contributed by atoms with E-state index in [0.29, 0.717) is 4.34 Å². The van der Waals surface area contributed by atoms with E-state index in [4.69, 9.17) is 23.2 Å². The normalized spacial score (nSPS) is 12.4. The molecule has 0 N–H and O–H groups in total. The van der Waals surface area contributed by atoms with Crippen molar-refractivity contribution in [3.05, 3.63) is 50.4 Å². The largest absolute Gasteiger partial charge is 0.293 e. The smallest absolute Gasteiger partial charge is 0.178 e. The Balaban J connectivity index is 2.15. The SMILES string of the molecule is O=C(CS(=O)c1cccc(F)c1)c1cc(Cl)sc1Cl. The minimum absolute atomic E-state index is 0.251. The van der Waals surface area contributed by atoms with Crippen molar-refractivity contribution in [2.45, 2.75) is 4.90 Å². The molecule has 0 bridgehead atoms. The van der Waals surface area contributed by atoms with E-state index in [1.165, 1.54) is 24.3 Å². The molecule has 2 nitrogen and oxygen atoms in total. The fraction of sp³-hybridized carbons (Fsp3) is 0.0833. The lowest BCUT2D eigenvalue weighted by atomic mass is 10.2. The van der Waals surface area contributed by atoms with Gasteiger partial charge in [-0.05, 0) is 24.3 Å². The summed E-state index contributed by atoms with van der Waals surface area (Å²) < 4.78 is 25.6. The number of thiophene rings is 1. The Morgan fingerprint density at radius 2 is 2.05 bits per heavy atom. The molecule has 1 heterocycles. The van der Waals surface area contributed by atoms with E-state index in [2.05, 4.69) is 0 Å². The van der Waals surface area contributed by atoms with Gasteiger partial charge in [-0.1, -0.05) is 29.3 Å². The number of hydrogen-bond acceptors (Lipinski definition) is 3. The highest BCUT2D eigenvalue weighted by Crippen LogP contribution is 2.31. The van der Waals surface area contributed by atoms with Crippen LogP contribution in [0.3, 0.4) is 0 Å². The van der Waals surface area contributed by atoms with Gasteiger partial charge in [0.05, 0.1) is 20.9 Å². The number of ketones is 1. The van der Waals surface area contributed by atoms with Crippen LogP contribution in [0.15, 0.2) is 35.2 Å². The van der Waals surface area contributed by atoms with E-state index in [-0.39, 0.29) is 26.3 Å². The van der Waals surface area contributed by atoms with Crippen molar-refractivity contribution in [1.82, 2.24) is 0 Å². The van der Waals surface area contributed by atoms with Gasteiger partial charge in [0.1, 0.15) is 10.2 Å². The molecule has 1 unspecified atom stereocenters. The van der Waals surface area contributed by atoms with Crippen LogP contribution < -0.4 is 0 Å². The van der Waals surface area contributed by atoms with Crippen LogP contribution in [0, 0.1) is 5.82 Å². The van der Waals surface area contributed by atoms with Gasteiger partial charge >= 0.3 is 0 Å². The zero-order valence-electron chi connectivity index (χ0n) is 9.36. The summed E-state index contributed by atoms with van der Waals surface area (Å²) in [7, 11) is -1.61. The maximum Gasteiger partial charge on any atom is 0.178 e. The molecule has 100 valence electrons. The van der Waals surface area contributed by atoms with E-state index < -0.39 is 16.6 Å². The lowest BCUT2D eigenvalue weighted by molar-refractivity contribution is 0.102. The molecular formula is C12H7Cl2FO2S2. The lowest BCUT2D eigenvalue weighted by Gasteiger charge is -2.01. The van der Waals surface area contributed by atoms with E-state index in [1.54, 1.807) is 0 Å². The molecule has 0 aliphatic carbocycles. The average molecular weight is 337 g/mol. The monoisotopic (exact) mass is 336 g/mol. The van der Waals surface area contributed by atoms with Crippen molar-refractivity contribution >= 4 is 51.1 Å². The second-order valence-electron chi connectivity index (χ2n) is 3.61. The number of benzene rings is 1. The van der Waals surface area contributed by atoms with Gasteiger partial charge in [-0.2, -0.15) is 0 Å². The summed E-state index contributed by atoms with van der Waals surface area (Å²) in [6, 6.07) is 6.79. The number of carbonyl (C=O) groups is 1. The van der Waals surface area contributed by atoms with Crippen LogP contribution in [0.25, 0.3) is 0 Å². The Morgan fingerprint density at radius 1 is 1.32 bits per heavy atom. The third kappa shape index (κ3) is 3.63. The Hall–Kier alpha value is -0.750. The van der Waals surface area contributed by atoms with Crippen LogP contribution in [0.1, 0.15) is 10.4 Å². The van der Waals surface area contributed by atoms with Gasteiger partial charge in [0, 0.05) is 10.5 Å². The fourth-order valence-electron chi connectivity index (χ4n) is 1.42. The molecule has 2 aromatic rings. The molecule has 0 spiro atoms. The van der Waals surface area contributed by atoms with Crippen LogP contribution >= 0.6 is 34.5 Å². The number of Topliss-reactive ketones (excluding diaryl/α,β-unsaturated/α-hetero) is 1. The van der Waals surface area contributed by atoms with Crippen LogP contribution in [-0.2, 0) is 10.8 Å². The summed E-state index contributed by atoms with van der Waals surface area (Å²) in [5.41, 5.74) is 0.251. The highest BCUT2D eigenvalue weighted by molar-refractivity contribution is 7.85. The molecule has 1 atom stereocenters. The highest BCUT2D eigenvalue weighted by atomic mass is 35.5. The molecule has 1 aromatic heterocycles. The van der Waals surface area contributed by atoms with Crippen LogP contribution in [0.2, 0.25) is 8.67 Å². The summed E-state index contributed by atoms with van der Waals surface area (Å²) in [5.74, 6) is -1.12. The zero-order chi connectivity index (χ0) is 14.0. The minimum Gasteiger partial charge on any atom is -0.293 e. The predicted octanol–water partition coefficient (Wildman–Crippen LogP) is 4.18. The molecule has 0 saturated carbocycles. The second-order valence-corrected chi connectivity index (χ2v) is 7.35. The van der Waals surface area contributed by atoms with Crippen LogP contribution in [-0.4, -0.2) is 15.7 Å². The second kappa shape index (κ2) is 6.13. The van der Waals surface area contributed by atoms with Crippen molar-refractivity contribution in [2.75, 3.05) is 5.75 Å². The molecule has 1 aromatic carbocycles. The molecular weight excluding hydrogens is 330 g/mol. The number of halogens is 3. The fourth-order valence-corrected chi connectivity index (χ4v) is 3.95. The van der Waals surface area contributed by atoms with Gasteiger partial charge in [-0.15, -0.1) is 11.3 Å². The topological polar surface area (TPSA) is 34.1 Å². The van der Waals surface area contributed by atoms with Crippen molar-refractivity contribution in [1.29, 1.82) is 0 Å². The van der Waals surface area contributed by atoms with Crippen molar-refractivity contribution in [3.8, 4) is 0 Å². The van der Waals surface area contributed by atoms with Gasteiger partial charge in [-0.25, -0.2) is 4.39 Å². The Labute approximate surface area is 125 Å². The maximum atomic E-state index is 13.0. The first-order valence-corrected chi connectivity index (χ1v) is 7.98. The number of rotatable bonds is 4. The standard InChI is InChI=1S/C12H7Cl2FO2S2/c13-11-5-9(12(14)18-11)10(16)6-19(17)8-3-1-2-7(15)4-8/h1-5H,6H2. The Morgan fingerprint density at radius 3 is 2.63 bits per heavy atom. The third-order valence-corrected chi connectivity index (χ3v) is 5.07. The van der Waals surface area contributed by atoms with Crippen LogP contribution in [0.5, 0.6) is 0 Å². The van der Waals surface area contributed by atoms with Gasteiger partial charge in [0.25, 0.3) is 0 Å².